The minimum absolute atomic E-state index is 0.0348. The Morgan fingerprint density at radius 3 is 2.53 bits per heavy atom. The minimum atomic E-state index is -0.200. The molecule has 2 nitrogen and oxygen atoms in total. The van der Waals surface area contributed by atoms with Crippen LogP contribution in [0.5, 0.6) is 5.75 Å². The fourth-order valence-corrected chi connectivity index (χ4v) is 2.69. The molecular formula is C16H24FNO. The van der Waals surface area contributed by atoms with Crippen molar-refractivity contribution in [1.82, 2.24) is 5.32 Å². The third kappa shape index (κ3) is 2.92. The summed E-state index contributed by atoms with van der Waals surface area (Å²) < 4.78 is 19.2. The van der Waals surface area contributed by atoms with Gasteiger partial charge in [-0.1, -0.05) is 19.9 Å². The highest BCUT2D eigenvalue weighted by Crippen LogP contribution is 2.51. The van der Waals surface area contributed by atoms with Gasteiger partial charge in [-0.15, -0.1) is 0 Å². The lowest BCUT2D eigenvalue weighted by Gasteiger charge is -2.24. The second kappa shape index (κ2) is 5.49. The summed E-state index contributed by atoms with van der Waals surface area (Å²) in [7, 11) is 1.58. The van der Waals surface area contributed by atoms with Crippen LogP contribution in [0.25, 0.3) is 0 Å². The van der Waals surface area contributed by atoms with Crippen molar-refractivity contribution < 1.29 is 9.13 Å². The topological polar surface area (TPSA) is 21.3 Å². The Hall–Kier alpha value is -1.09. The maximum Gasteiger partial charge on any atom is 0.131 e. The van der Waals surface area contributed by atoms with E-state index in [-0.39, 0.29) is 11.9 Å². The van der Waals surface area contributed by atoms with Gasteiger partial charge in [0.25, 0.3) is 0 Å². The van der Waals surface area contributed by atoms with Crippen molar-refractivity contribution in [2.75, 3.05) is 13.7 Å². The number of benzene rings is 1. The molecule has 0 radical (unpaired) electrons. The number of methoxy groups -OCH3 is 1. The van der Waals surface area contributed by atoms with Crippen LogP contribution in [0.15, 0.2) is 18.2 Å². The number of hydrogen-bond acceptors (Lipinski definition) is 2. The van der Waals surface area contributed by atoms with E-state index >= 15 is 0 Å². The number of nitrogens with one attached hydrogen (secondary N) is 1. The molecule has 0 aliphatic heterocycles. The Morgan fingerprint density at radius 2 is 2.00 bits per heavy atom. The van der Waals surface area contributed by atoms with Crippen molar-refractivity contribution in [2.45, 2.75) is 39.7 Å². The average Bonchev–Trinajstić information content (AvgIpc) is 3.16. The van der Waals surface area contributed by atoms with Gasteiger partial charge in [-0.05, 0) is 43.2 Å². The van der Waals surface area contributed by atoms with E-state index in [0.29, 0.717) is 22.6 Å². The molecule has 0 aromatic heterocycles. The summed E-state index contributed by atoms with van der Waals surface area (Å²) in [5.41, 5.74) is 1.05. The van der Waals surface area contributed by atoms with Crippen molar-refractivity contribution >= 4 is 0 Å². The molecule has 3 heteroatoms. The van der Waals surface area contributed by atoms with Gasteiger partial charge in [-0.25, -0.2) is 4.39 Å². The molecule has 0 bridgehead atoms. The molecule has 0 spiro atoms. The smallest absolute Gasteiger partial charge is 0.131 e. The molecule has 1 N–H and O–H groups in total. The number of rotatable bonds is 6. The van der Waals surface area contributed by atoms with Gasteiger partial charge < -0.3 is 10.1 Å². The average molecular weight is 265 g/mol. The van der Waals surface area contributed by atoms with Crippen LogP contribution in [0.4, 0.5) is 4.39 Å². The number of ether oxygens (including phenoxy) is 1. The minimum Gasteiger partial charge on any atom is -0.496 e. The van der Waals surface area contributed by atoms with Crippen LogP contribution in [-0.4, -0.2) is 13.7 Å². The van der Waals surface area contributed by atoms with E-state index in [0.717, 1.165) is 6.54 Å². The van der Waals surface area contributed by atoms with Crippen molar-refractivity contribution in [2.24, 2.45) is 11.3 Å². The third-order valence-corrected chi connectivity index (χ3v) is 4.54. The summed E-state index contributed by atoms with van der Waals surface area (Å²) in [4.78, 5) is 0. The van der Waals surface area contributed by atoms with E-state index in [1.54, 1.807) is 13.2 Å². The van der Waals surface area contributed by atoms with Crippen LogP contribution >= 0.6 is 0 Å². The van der Waals surface area contributed by atoms with Crippen molar-refractivity contribution in [3.8, 4) is 5.75 Å². The summed E-state index contributed by atoms with van der Waals surface area (Å²) in [5, 5.41) is 3.48. The molecule has 1 atom stereocenters. The molecule has 1 aromatic rings. The molecule has 1 fully saturated rings. The van der Waals surface area contributed by atoms with Crippen molar-refractivity contribution in [3.63, 3.8) is 0 Å². The van der Waals surface area contributed by atoms with Crippen LogP contribution in [0, 0.1) is 17.2 Å². The zero-order valence-electron chi connectivity index (χ0n) is 12.3. The highest BCUT2D eigenvalue weighted by molar-refractivity contribution is 5.36. The predicted molar refractivity (Wildman–Crippen MR) is 75.9 cm³/mol. The van der Waals surface area contributed by atoms with Gasteiger partial charge in [0.1, 0.15) is 11.6 Å². The Kier molecular flexibility index (Phi) is 4.14. The first-order valence-corrected chi connectivity index (χ1v) is 7.06. The van der Waals surface area contributed by atoms with E-state index in [1.165, 1.54) is 18.9 Å². The maximum absolute atomic E-state index is 14.0. The van der Waals surface area contributed by atoms with Gasteiger partial charge in [0.2, 0.25) is 0 Å². The Labute approximate surface area is 115 Å². The first-order chi connectivity index (χ1) is 9.00. The quantitative estimate of drug-likeness (QED) is 0.841. The van der Waals surface area contributed by atoms with Crippen molar-refractivity contribution in [1.29, 1.82) is 0 Å². The van der Waals surface area contributed by atoms with Gasteiger partial charge in [-0.3, -0.25) is 0 Å². The summed E-state index contributed by atoms with van der Waals surface area (Å²) in [6.45, 7) is 7.48. The molecule has 0 heterocycles. The van der Waals surface area contributed by atoms with Crippen LogP contribution < -0.4 is 10.1 Å². The van der Waals surface area contributed by atoms with Gasteiger partial charge >= 0.3 is 0 Å². The molecule has 1 aromatic carbocycles. The third-order valence-electron chi connectivity index (χ3n) is 4.54. The molecular weight excluding hydrogens is 241 g/mol. The molecule has 0 amide bonds. The summed E-state index contributed by atoms with van der Waals surface area (Å²) in [6, 6.07) is 4.95. The van der Waals surface area contributed by atoms with Crippen LogP contribution in [-0.2, 0) is 0 Å². The molecule has 1 aliphatic rings. The normalized spacial score (nSPS) is 18.4. The zero-order chi connectivity index (χ0) is 14.0. The largest absolute Gasteiger partial charge is 0.496 e. The molecule has 1 aliphatic carbocycles. The van der Waals surface area contributed by atoms with Crippen LogP contribution in [0.3, 0.4) is 0 Å². The van der Waals surface area contributed by atoms with Gasteiger partial charge in [-0.2, -0.15) is 0 Å². The van der Waals surface area contributed by atoms with Crippen molar-refractivity contribution in [3.05, 3.63) is 29.6 Å². The monoisotopic (exact) mass is 265 g/mol. The SMILES string of the molecule is COc1cccc(F)c1C(C)NCC1(C(C)C)CC1. The van der Waals surface area contributed by atoms with Crippen LogP contribution in [0.1, 0.15) is 45.2 Å². The summed E-state index contributed by atoms with van der Waals surface area (Å²) in [5.74, 6) is 1.10. The summed E-state index contributed by atoms with van der Waals surface area (Å²) in [6.07, 6.45) is 2.55. The maximum atomic E-state index is 14.0. The van der Waals surface area contributed by atoms with Gasteiger partial charge in [0.15, 0.2) is 0 Å². The highest BCUT2D eigenvalue weighted by atomic mass is 19.1. The second-order valence-corrected chi connectivity index (χ2v) is 5.98. The first-order valence-electron chi connectivity index (χ1n) is 7.06. The lowest BCUT2D eigenvalue weighted by Crippen LogP contribution is -2.30. The van der Waals surface area contributed by atoms with Crippen LogP contribution in [0.2, 0.25) is 0 Å². The Morgan fingerprint density at radius 1 is 1.32 bits per heavy atom. The fraction of sp³-hybridized carbons (Fsp3) is 0.625. The Balaban J connectivity index is 2.06. The number of hydrogen-bond donors (Lipinski definition) is 1. The molecule has 106 valence electrons. The van der Waals surface area contributed by atoms with E-state index in [4.69, 9.17) is 4.74 Å². The first kappa shape index (κ1) is 14.3. The lowest BCUT2D eigenvalue weighted by molar-refractivity contribution is 0.319. The standard InChI is InChI=1S/C16H24FNO/c1-11(2)16(8-9-16)10-18-12(3)15-13(17)6-5-7-14(15)19-4/h5-7,11-12,18H,8-10H2,1-4H3. The van der Waals surface area contributed by atoms with E-state index < -0.39 is 0 Å². The fourth-order valence-electron chi connectivity index (χ4n) is 2.69. The van der Waals surface area contributed by atoms with Gasteiger partial charge in [0, 0.05) is 18.2 Å². The predicted octanol–water partition coefficient (Wildman–Crippen LogP) is 3.92. The lowest BCUT2D eigenvalue weighted by atomic mass is 9.92. The zero-order valence-corrected chi connectivity index (χ0v) is 12.3. The molecule has 19 heavy (non-hydrogen) atoms. The van der Waals surface area contributed by atoms with E-state index in [9.17, 15) is 4.39 Å². The van der Waals surface area contributed by atoms with E-state index in [2.05, 4.69) is 19.2 Å². The van der Waals surface area contributed by atoms with Gasteiger partial charge in [0.05, 0.1) is 7.11 Å². The second-order valence-electron chi connectivity index (χ2n) is 5.98. The molecule has 0 saturated heterocycles. The Bertz CT molecular complexity index is 440. The molecule has 2 rings (SSSR count). The highest BCUT2D eigenvalue weighted by Gasteiger charge is 2.45. The number of halogens is 1. The van der Waals surface area contributed by atoms with E-state index in [1.807, 2.05) is 13.0 Å². The molecule has 1 unspecified atom stereocenters. The molecule has 1 saturated carbocycles. The summed E-state index contributed by atoms with van der Waals surface area (Å²) >= 11 is 0.